The van der Waals surface area contributed by atoms with Gasteiger partial charge in [0.05, 0.1) is 15.6 Å². The number of fused-ring (bicyclic) bond motifs is 1. The number of sulfonamides is 1. The summed E-state index contributed by atoms with van der Waals surface area (Å²) in [4.78, 5) is 25.2. The lowest BCUT2D eigenvalue weighted by atomic mass is 10.0. The fourth-order valence-electron chi connectivity index (χ4n) is 3.58. The monoisotopic (exact) mass is 548 g/mol. The molecular weight excluding hydrogens is 528 g/mol. The first-order valence-electron chi connectivity index (χ1n) is 10.2. The normalized spacial score (nSPS) is 13.3. The standard InChI is InChI=1S/C23H21BrN2O5S2/c24-12-14-31-23(28)20-10-11-21(32-20)25-22(27)17-6-3-8-18(15-17)33(29,30)26-13-4-7-16-5-1-2-9-19(16)26/h1-3,5-6,8-11,15H,4,7,12-14H2,(H,25,27). The molecule has 1 amide bonds. The van der Waals surface area contributed by atoms with E-state index in [0.29, 0.717) is 27.4 Å². The van der Waals surface area contributed by atoms with Crippen LogP contribution in [-0.2, 0) is 21.2 Å². The Balaban J connectivity index is 1.53. The number of carbonyl (C=O) groups excluding carboxylic acids is 2. The molecule has 0 radical (unpaired) electrons. The number of rotatable bonds is 7. The van der Waals surface area contributed by atoms with Gasteiger partial charge in [-0.05, 0) is 54.8 Å². The summed E-state index contributed by atoms with van der Waals surface area (Å²) >= 11 is 4.28. The van der Waals surface area contributed by atoms with E-state index in [-0.39, 0.29) is 17.1 Å². The Morgan fingerprint density at radius 3 is 2.73 bits per heavy atom. The second kappa shape index (κ2) is 10.1. The minimum absolute atomic E-state index is 0.0528. The van der Waals surface area contributed by atoms with E-state index in [0.717, 1.165) is 29.7 Å². The highest BCUT2D eigenvalue weighted by Crippen LogP contribution is 2.32. The number of para-hydroxylation sites is 1. The predicted molar refractivity (Wildman–Crippen MR) is 132 cm³/mol. The van der Waals surface area contributed by atoms with Gasteiger partial charge >= 0.3 is 5.97 Å². The minimum Gasteiger partial charge on any atom is -0.461 e. The molecule has 10 heteroatoms. The van der Waals surface area contributed by atoms with Crippen LogP contribution < -0.4 is 9.62 Å². The Morgan fingerprint density at radius 1 is 1.09 bits per heavy atom. The number of carbonyl (C=O) groups is 2. The highest BCUT2D eigenvalue weighted by atomic mass is 79.9. The van der Waals surface area contributed by atoms with Crippen LogP contribution in [0.1, 0.15) is 32.0 Å². The van der Waals surface area contributed by atoms with Crippen molar-refractivity contribution in [2.75, 3.05) is 28.1 Å². The number of thiophene rings is 1. The molecule has 7 nitrogen and oxygen atoms in total. The van der Waals surface area contributed by atoms with Gasteiger partial charge in [0.2, 0.25) is 0 Å². The van der Waals surface area contributed by atoms with Gasteiger partial charge in [0.25, 0.3) is 15.9 Å². The van der Waals surface area contributed by atoms with Gasteiger partial charge in [-0.15, -0.1) is 11.3 Å². The van der Waals surface area contributed by atoms with Crippen molar-refractivity contribution in [3.63, 3.8) is 0 Å². The first-order chi connectivity index (χ1) is 15.9. The van der Waals surface area contributed by atoms with E-state index >= 15 is 0 Å². The number of nitrogens with one attached hydrogen (secondary N) is 1. The largest absolute Gasteiger partial charge is 0.461 e. The van der Waals surface area contributed by atoms with Crippen molar-refractivity contribution in [3.05, 3.63) is 76.7 Å². The van der Waals surface area contributed by atoms with Gasteiger partial charge in [-0.2, -0.15) is 0 Å². The van der Waals surface area contributed by atoms with Gasteiger partial charge < -0.3 is 10.1 Å². The summed E-state index contributed by atoms with van der Waals surface area (Å²) < 4.78 is 33.2. The molecular formula is C23H21BrN2O5S2. The zero-order chi connectivity index (χ0) is 23.4. The first kappa shape index (κ1) is 23.5. The highest BCUT2D eigenvalue weighted by molar-refractivity contribution is 9.09. The highest BCUT2D eigenvalue weighted by Gasteiger charge is 2.29. The molecule has 0 saturated carbocycles. The average molecular weight is 549 g/mol. The van der Waals surface area contributed by atoms with E-state index in [1.165, 1.54) is 16.4 Å². The fourth-order valence-corrected chi connectivity index (χ4v) is 6.12. The van der Waals surface area contributed by atoms with Gasteiger partial charge in [0.1, 0.15) is 11.5 Å². The van der Waals surface area contributed by atoms with E-state index in [2.05, 4.69) is 21.2 Å². The lowest BCUT2D eigenvalue weighted by Gasteiger charge is -2.30. The number of anilines is 2. The molecule has 0 aliphatic carbocycles. The third kappa shape index (κ3) is 5.13. The number of ether oxygens (including phenoxy) is 1. The molecule has 2 heterocycles. The molecule has 1 N–H and O–H groups in total. The van der Waals surface area contributed by atoms with Crippen molar-refractivity contribution in [1.82, 2.24) is 0 Å². The number of esters is 1. The molecule has 0 spiro atoms. The molecule has 33 heavy (non-hydrogen) atoms. The molecule has 1 aromatic heterocycles. The molecule has 0 bridgehead atoms. The molecule has 4 rings (SSSR count). The maximum absolute atomic E-state index is 13.4. The number of nitrogens with zero attached hydrogens (tertiary/aromatic N) is 1. The van der Waals surface area contributed by atoms with E-state index in [9.17, 15) is 18.0 Å². The summed E-state index contributed by atoms with van der Waals surface area (Å²) in [6, 6.07) is 16.6. The van der Waals surface area contributed by atoms with Crippen molar-refractivity contribution in [2.24, 2.45) is 0 Å². The number of benzene rings is 2. The van der Waals surface area contributed by atoms with Crippen LogP contribution >= 0.6 is 27.3 Å². The van der Waals surface area contributed by atoms with Crippen LogP contribution in [0.15, 0.2) is 65.6 Å². The Labute approximate surface area is 204 Å². The second-order valence-electron chi connectivity index (χ2n) is 7.28. The molecule has 172 valence electrons. The Kier molecular flexibility index (Phi) is 7.16. The van der Waals surface area contributed by atoms with Crippen LogP contribution in [-0.4, -0.2) is 38.8 Å². The fraction of sp³-hybridized carbons (Fsp3) is 0.217. The first-order valence-corrected chi connectivity index (χ1v) is 13.6. The molecule has 0 atom stereocenters. The van der Waals surface area contributed by atoms with Gasteiger partial charge in [0.15, 0.2) is 0 Å². The van der Waals surface area contributed by atoms with Crippen LogP contribution in [0.5, 0.6) is 0 Å². The van der Waals surface area contributed by atoms with Gasteiger partial charge in [-0.25, -0.2) is 13.2 Å². The summed E-state index contributed by atoms with van der Waals surface area (Å²) in [6.45, 7) is 0.639. The SMILES string of the molecule is O=C(Nc1ccc(C(=O)OCCBr)s1)c1cccc(S(=O)(=O)N2CCCc3ccccc32)c1. The number of hydrogen-bond donors (Lipinski definition) is 1. The number of alkyl halides is 1. The molecule has 0 saturated heterocycles. The van der Waals surface area contributed by atoms with Crippen LogP contribution in [0.3, 0.4) is 0 Å². The van der Waals surface area contributed by atoms with Gasteiger partial charge in [-0.1, -0.05) is 40.2 Å². The zero-order valence-electron chi connectivity index (χ0n) is 17.5. The number of halogens is 1. The molecule has 1 aliphatic heterocycles. The molecule has 0 fully saturated rings. The van der Waals surface area contributed by atoms with Crippen LogP contribution in [0.25, 0.3) is 0 Å². The van der Waals surface area contributed by atoms with E-state index in [4.69, 9.17) is 4.74 Å². The smallest absolute Gasteiger partial charge is 0.348 e. The van der Waals surface area contributed by atoms with Crippen LogP contribution in [0.2, 0.25) is 0 Å². The Bertz CT molecular complexity index is 1290. The summed E-state index contributed by atoms with van der Waals surface area (Å²) in [5.41, 5.74) is 1.87. The molecule has 2 aromatic carbocycles. The zero-order valence-corrected chi connectivity index (χ0v) is 20.7. The average Bonchev–Trinajstić information content (AvgIpc) is 3.30. The van der Waals surface area contributed by atoms with E-state index < -0.39 is 21.9 Å². The summed E-state index contributed by atoms with van der Waals surface area (Å²) in [6.07, 6.45) is 1.56. The van der Waals surface area contributed by atoms with E-state index in [1.54, 1.807) is 30.3 Å². The van der Waals surface area contributed by atoms with Crippen molar-refractivity contribution in [1.29, 1.82) is 0 Å². The Morgan fingerprint density at radius 2 is 1.91 bits per heavy atom. The molecule has 3 aromatic rings. The second-order valence-corrected chi connectivity index (χ2v) is 11.0. The maximum atomic E-state index is 13.4. The predicted octanol–water partition coefficient (Wildman–Crippen LogP) is 4.69. The lowest BCUT2D eigenvalue weighted by Crippen LogP contribution is -2.35. The third-order valence-corrected chi connectivity index (χ3v) is 8.22. The summed E-state index contributed by atoms with van der Waals surface area (Å²) in [7, 11) is -3.83. The summed E-state index contributed by atoms with van der Waals surface area (Å²) in [5, 5.41) is 3.72. The van der Waals surface area contributed by atoms with Gasteiger partial charge in [-0.3, -0.25) is 9.10 Å². The van der Waals surface area contributed by atoms with Crippen molar-refractivity contribution < 1.29 is 22.7 Å². The number of aryl methyl sites for hydroxylation is 1. The van der Waals surface area contributed by atoms with Crippen molar-refractivity contribution >= 4 is 59.9 Å². The maximum Gasteiger partial charge on any atom is 0.348 e. The Hall–Kier alpha value is -2.69. The van der Waals surface area contributed by atoms with Crippen molar-refractivity contribution in [2.45, 2.75) is 17.7 Å². The van der Waals surface area contributed by atoms with Crippen LogP contribution in [0.4, 0.5) is 10.7 Å². The summed E-state index contributed by atoms with van der Waals surface area (Å²) in [5.74, 6) is -0.928. The van der Waals surface area contributed by atoms with E-state index in [1.807, 2.05) is 18.2 Å². The number of amides is 1. The minimum atomic E-state index is -3.83. The number of hydrogen-bond acceptors (Lipinski definition) is 6. The van der Waals surface area contributed by atoms with Gasteiger partial charge in [0, 0.05) is 17.4 Å². The third-order valence-electron chi connectivity index (χ3n) is 5.11. The molecule has 1 aliphatic rings. The van der Waals surface area contributed by atoms with Crippen molar-refractivity contribution in [3.8, 4) is 0 Å². The quantitative estimate of drug-likeness (QED) is 0.341. The topological polar surface area (TPSA) is 92.8 Å². The molecule has 0 unspecified atom stereocenters. The lowest BCUT2D eigenvalue weighted by molar-refractivity contribution is 0.0537. The van der Waals surface area contributed by atoms with Crippen LogP contribution in [0, 0.1) is 0 Å².